The highest BCUT2D eigenvalue weighted by molar-refractivity contribution is 5.25. The Bertz CT molecular complexity index is 1060. The van der Waals surface area contributed by atoms with E-state index in [1.807, 2.05) is 0 Å². The lowest BCUT2D eigenvalue weighted by atomic mass is 10.0. The van der Waals surface area contributed by atoms with E-state index in [-0.39, 0.29) is 0 Å². The highest BCUT2D eigenvalue weighted by Gasteiger charge is 1.99. The van der Waals surface area contributed by atoms with Crippen LogP contribution < -0.4 is 11.5 Å². The van der Waals surface area contributed by atoms with Gasteiger partial charge in [0.25, 0.3) is 0 Å². The van der Waals surface area contributed by atoms with Gasteiger partial charge in [0.1, 0.15) is 0 Å². The minimum absolute atomic E-state index is 0.613. The monoisotopic (exact) mass is 631 g/mol. The van der Waals surface area contributed by atoms with E-state index in [2.05, 4.69) is 142 Å². The first-order chi connectivity index (χ1) is 21.9. The lowest BCUT2D eigenvalue weighted by molar-refractivity contribution is 0.521. The molecule has 0 heterocycles. The van der Waals surface area contributed by atoms with Crippen LogP contribution in [0.5, 0.6) is 0 Å². The summed E-state index contributed by atoms with van der Waals surface area (Å²) in [5.74, 6) is 3.06. The van der Waals surface area contributed by atoms with Crippen LogP contribution in [-0.4, -0.2) is 6.54 Å². The number of nitrogens with two attached hydrogens (primary N) is 2. The highest BCUT2D eigenvalue weighted by Crippen LogP contribution is 2.14. The Hall–Kier alpha value is -2.42. The lowest BCUT2D eigenvalue weighted by Crippen LogP contribution is -1.97. The van der Waals surface area contributed by atoms with Crippen LogP contribution in [-0.2, 0) is 32.2 Å². The zero-order valence-corrected chi connectivity index (χ0v) is 31.9. The van der Waals surface area contributed by atoms with Crippen LogP contribution in [0.1, 0.15) is 147 Å². The van der Waals surface area contributed by atoms with Crippen molar-refractivity contribution in [1.29, 1.82) is 0 Å². The lowest BCUT2D eigenvalue weighted by Gasteiger charge is -2.05. The summed E-state index contributed by atoms with van der Waals surface area (Å²) < 4.78 is 0. The topological polar surface area (TPSA) is 52.0 Å². The van der Waals surface area contributed by atoms with Gasteiger partial charge in [-0.1, -0.05) is 168 Å². The van der Waals surface area contributed by atoms with Gasteiger partial charge in [-0.25, -0.2) is 0 Å². The highest BCUT2D eigenvalue weighted by atomic mass is 14.5. The van der Waals surface area contributed by atoms with Crippen LogP contribution >= 0.6 is 0 Å². The van der Waals surface area contributed by atoms with Crippen molar-refractivity contribution in [2.45, 2.75) is 146 Å². The fourth-order valence-corrected chi connectivity index (χ4v) is 4.87. The zero-order valence-electron chi connectivity index (χ0n) is 31.9. The van der Waals surface area contributed by atoms with Gasteiger partial charge in [0.05, 0.1) is 0 Å². The summed E-state index contributed by atoms with van der Waals surface area (Å²) in [6.07, 6.45) is 12.7. The smallest absolute Gasteiger partial charge is 0.0178 e. The van der Waals surface area contributed by atoms with Gasteiger partial charge >= 0.3 is 0 Å². The number of benzene rings is 3. The normalized spacial score (nSPS) is 10.7. The van der Waals surface area contributed by atoms with E-state index in [0.29, 0.717) is 12.5 Å². The molecule has 0 radical (unpaired) electrons. The Morgan fingerprint density at radius 2 is 0.891 bits per heavy atom. The maximum atomic E-state index is 5.48. The summed E-state index contributed by atoms with van der Waals surface area (Å²) in [5.41, 5.74) is 19.2. The molecule has 0 atom stereocenters. The molecule has 0 aromatic heterocycles. The van der Waals surface area contributed by atoms with Crippen LogP contribution in [0.4, 0.5) is 0 Å². The molecule has 3 aromatic carbocycles. The third-order valence-corrected chi connectivity index (χ3v) is 8.13. The largest absolute Gasteiger partial charge is 0.330 e. The molecule has 0 aliphatic carbocycles. The third kappa shape index (κ3) is 23.9. The number of hydrogen-bond acceptors (Lipinski definition) is 2. The molecule has 0 bridgehead atoms. The van der Waals surface area contributed by atoms with Crippen molar-refractivity contribution in [1.82, 2.24) is 0 Å². The van der Waals surface area contributed by atoms with Crippen LogP contribution in [0.25, 0.3) is 0 Å². The summed E-state index contributed by atoms with van der Waals surface area (Å²) in [7, 11) is 0. The van der Waals surface area contributed by atoms with Crippen LogP contribution in [0.3, 0.4) is 0 Å². The van der Waals surface area contributed by atoms with Crippen molar-refractivity contribution in [3.05, 3.63) is 106 Å². The van der Waals surface area contributed by atoms with Gasteiger partial charge in [0.15, 0.2) is 0 Å². The van der Waals surface area contributed by atoms with E-state index in [1.165, 1.54) is 84.7 Å². The van der Waals surface area contributed by atoms with Gasteiger partial charge in [0, 0.05) is 6.54 Å². The van der Waals surface area contributed by atoms with E-state index < -0.39 is 0 Å². The summed E-state index contributed by atoms with van der Waals surface area (Å²) >= 11 is 0. The van der Waals surface area contributed by atoms with Crippen molar-refractivity contribution < 1.29 is 0 Å². The van der Waals surface area contributed by atoms with Crippen LogP contribution in [0.15, 0.2) is 72.8 Å². The Morgan fingerprint density at radius 1 is 0.457 bits per heavy atom. The van der Waals surface area contributed by atoms with Gasteiger partial charge in [-0.2, -0.15) is 0 Å². The number of hydrogen-bond donors (Lipinski definition) is 2. The summed E-state index contributed by atoms with van der Waals surface area (Å²) in [5, 5.41) is 0. The van der Waals surface area contributed by atoms with E-state index in [0.717, 1.165) is 37.1 Å². The fourth-order valence-electron chi connectivity index (χ4n) is 4.87. The molecule has 2 nitrogen and oxygen atoms in total. The van der Waals surface area contributed by atoms with Gasteiger partial charge in [-0.15, -0.1) is 0 Å². The van der Waals surface area contributed by atoms with Crippen molar-refractivity contribution >= 4 is 0 Å². The first kappa shape index (κ1) is 43.6. The third-order valence-electron chi connectivity index (χ3n) is 8.13. The molecule has 3 rings (SSSR count). The summed E-state index contributed by atoms with van der Waals surface area (Å²) in [6, 6.07) is 26.5. The fraction of sp³-hybridized carbons (Fsp3) is 0.591. The van der Waals surface area contributed by atoms with E-state index in [4.69, 9.17) is 11.5 Å². The molecule has 2 heteroatoms. The molecule has 3 aromatic rings. The van der Waals surface area contributed by atoms with E-state index >= 15 is 0 Å². The molecule has 0 amide bonds. The predicted octanol–water partition coefficient (Wildman–Crippen LogP) is 12.1. The molecule has 0 aliphatic heterocycles. The molecular formula is C44H74N2. The molecule has 0 saturated heterocycles. The molecule has 0 saturated carbocycles. The van der Waals surface area contributed by atoms with Crippen molar-refractivity contribution in [2.24, 2.45) is 29.2 Å². The van der Waals surface area contributed by atoms with E-state index in [1.54, 1.807) is 0 Å². The molecule has 0 unspecified atom stereocenters. The standard InChI is InChI=1S/C13H20.C12H18.C10H15N.C9H21N/c1-4-12-7-9-13(10-8-12)6-5-11(2)3;1-4-11-5-7-12(8-6-11)9-10(2)3;1-8(2)10-5-3-9(7-11)4-6-10;1-9(2)7-5-3-4-6-8-10/h7-11H,4-6H2,1-3H3;5-8,10H,4,9H2,1-3H3;3-6,8H,7,11H2,1-2H3;9H,3-8,10H2,1-2H3. The second kappa shape index (κ2) is 27.7. The van der Waals surface area contributed by atoms with E-state index in [9.17, 15) is 0 Å². The Balaban J connectivity index is 0.000000590. The quantitative estimate of drug-likeness (QED) is 0.164. The van der Waals surface area contributed by atoms with Gasteiger partial charge in [0.2, 0.25) is 0 Å². The Labute approximate surface area is 287 Å². The second-order valence-corrected chi connectivity index (χ2v) is 14.4. The minimum atomic E-state index is 0.613. The number of rotatable bonds is 15. The molecular weight excluding hydrogens is 556 g/mol. The first-order valence-electron chi connectivity index (χ1n) is 18.6. The molecule has 0 spiro atoms. The molecule has 0 fully saturated rings. The first-order valence-corrected chi connectivity index (χ1v) is 18.6. The number of aryl methyl sites for hydroxylation is 3. The Kier molecular flexibility index (Phi) is 26.2. The van der Waals surface area contributed by atoms with Gasteiger partial charge in [-0.3, -0.25) is 0 Å². The predicted molar refractivity (Wildman–Crippen MR) is 209 cm³/mol. The summed E-state index contributed by atoms with van der Waals surface area (Å²) in [4.78, 5) is 0. The van der Waals surface area contributed by atoms with Gasteiger partial charge in [-0.05, 0) is 102 Å². The SMILES string of the molecule is CC(C)CCCCCCN.CC(C)c1ccc(CN)cc1.CCc1ccc(CC(C)C)cc1.CCc1ccc(CCC(C)C)cc1. The number of unbranched alkanes of at least 4 members (excludes halogenated alkanes) is 3. The molecule has 260 valence electrons. The second-order valence-electron chi connectivity index (χ2n) is 14.4. The maximum absolute atomic E-state index is 5.48. The van der Waals surface area contributed by atoms with Crippen LogP contribution in [0.2, 0.25) is 0 Å². The average Bonchev–Trinajstić information content (AvgIpc) is 3.05. The summed E-state index contributed by atoms with van der Waals surface area (Å²) in [6.45, 7) is 23.9. The average molecular weight is 631 g/mol. The van der Waals surface area contributed by atoms with Gasteiger partial charge < -0.3 is 11.5 Å². The van der Waals surface area contributed by atoms with Crippen molar-refractivity contribution in [2.75, 3.05) is 6.54 Å². The zero-order chi connectivity index (χ0) is 34.7. The van der Waals surface area contributed by atoms with Crippen molar-refractivity contribution in [3.63, 3.8) is 0 Å². The molecule has 0 aliphatic rings. The molecule has 4 N–H and O–H groups in total. The maximum Gasteiger partial charge on any atom is 0.0178 e. The van der Waals surface area contributed by atoms with Crippen molar-refractivity contribution in [3.8, 4) is 0 Å². The molecule has 46 heavy (non-hydrogen) atoms. The minimum Gasteiger partial charge on any atom is -0.330 e. The Morgan fingerprint density at radius 3 is 1.28 bits per heavy atom. The van der Waals surface area contributed by atoms with Crippen LogP contribution in [0, 0.1) is 17.8 Å².